The molecule has 436 valence electrons. The molecule has 84 heavy (non-hydrogen) atoms. The van der Waals surface area contributed by atoms with Crippen molar-refractivity contribution in [3.8, 4) is 22.3 Å². The average molecular weight is 1240 g/mol. The van der Waals surface area contributed by atoms with Crippen LogP contribution >= 0.6 is 31.9 Å². The second kappa shape index (κ2) is 28.3. The molecule has 0 saturated carbocycles. The molecule has 5 aliphatic heterocycles. The van der Waals surface area contributed by atoms with Gasteiger partial charge in [0.15, 0.2) is 0 Å². The summed E-state index contributed by atoms with van der Waals surface area (Å²) in [4.78, 5) is 22.6. The van der Waals surface area contributed by atoms with Crippen molar-refractivity contribution in [1.29, 1.82) is 0 Å². The molecule has 4 nitrogen and oxygen atoms in total. The van der Waals surface area contributed by atoms with Crippen molar-refractivity contribution in [2.75, 3.05) is 0 Å². The van der Waals surface area contributed by atoms with Gasteiger partial charge in [-0.3, -0.25) is 0 Å². The average Bonchev–Trinajstić information content (AvgIpc) is 1.71. The smallest absolute Gasteiger partial charge is 0.0801 e. The Morgan fingerprint density at radius 3 is 0.940 bits per heavy atom. The van der Waals surface area contributed by atoms with Crippen molar-refractivity contribution in [3.05, 3.63) is 199 Å². The fourth-order valence-electron chi connectivity index (χ4n) is 15.2. The van der Waals surface area contributed by atoms with Crippen LogP contribution in [0.15, 0.2) is 185 Å². The van der Waals surface area contributed by atoms with E-state index in [2.05, 4.69) is 193 Å². The van der Waals surface area contributed by atoms with Gasteiger partial charge in [0.05, 0.1) is 54.6 Å². The minimum atomic E-state index is -0.131. The third-order valence-corrected chi connectivity index (χ3v) is 21.0. The van der Waals surface area contributed by atoms with Gasteiger partial charge in [-0.15, -0.1) is 0 Å². The van der Waals surface area contributed by atoms with E-state index in [1.807, 2.05) is 0 Å². The van der Waals surface area contributed by atoms with E-state index in [-0.39, 0.29) is 10.8 Å². The monoisotopic (exact) mass is 1240 g/mol. The van der Waals surface area contributed by atoms with Crippen LogP contribution in [-0.4, -0.2) is 22.8 Å². The van der Waals surface area contributed by atoms with E-state index in [9.17, 15) is 0 Å². The maximum Gasteiger partial charge on any atom is 0.0801 e. The van der Waals surface area contributed by atoms with Crippen molar-refractivity contribution >= 4 is 65.9 Å². The first kappa shape index (κ1) is 60.1. The first-order valence-electron chi connectivity index (χ1n) is 33.2. The Morgan fingerprint density at radius 1 is 0.286 bits per heavy atom. The molecule has 8 bridgehead atoms. The Labute approximate surface area is 521 Å². The van der Waals surface area contributed by atoms with Gasteiger partial charge in [0.2, 0.25) is 0 Å². The second-order valence-electron chi connectivity index (χ2n) is 25.0. The molecule has 0 atom stereocenters. The summed E-state index contributed by atoms with van der Waals surface area (Å²) in [6.07, 6.45) is 52.9. The van der Waals surface area contributed by atoms with E-state index in [1.54, 1.807) is 0 Å². The predicted molar refractivity (Wildman–Crippen MR) is 369 cm³/mol. The third kappa shape index (κ3) is 12.3. The number of allylic oxidation sites excluding steroid dienone is 12. The molecule has 0 radical (unpaired) electrons. The van der Waals surface area contributed by atoms with Gasteiger partial charge in [0.25, 0.3) is 0 Å². The normalized spacial score (nSPS) is 17.4. The highest BCUT2D eigenvalue weighted by atomic mass is 79.9. The highest BCUT2D eigenvalue weighted by Crippen LogP contribution is 2.59. The predicted octanol–water partition coefficient (Wildman–Crippen LogP) is 23.6. The van der Waals surface area contributed by atoms with Gasteiger partial charge in [0.1, 0.15) is 0 Å². The van der Waals surface area contributed by atoms with Crippen LogP contribution in [0.25, 0.3) is 33.4 Å². The number of nitrogens with zero attached hydrogens (tertiary/aromatic N) is 4. The molecule has 0 fully saturated rings. The van der Waals surface area contributed by atoms with E-state index in [1.165, 1.54) is 210 Å². The molecule has 6 heteroatoms. The minimum absolute atomic E-state index is 0.131. The molecule has 4 aromatic rings. The van der Waals surface area contributed by atoms with Crippen molar-refractivity contribution in [2.45, 2.75) is 218 Å². The summed E-state index contributed by atoms with van der Waals surface area (Å²) in [7, 11) is 0. The zero-order valence-corrected chi connectivity index (χ0v) is 54.2. The molecule has 0 spiro atoms. The lowest BCUT2D eigenvalue weighted by atomic mass is 9.68. The molecule has 4 aromatic carbocycles. The number of fused-ring (bicyclic) bond motifs is 10. The largest absolute Gasteiger partial charge is 0.247 e. The molecule has 0 aromatic heterocycles. The number of rotatable bonds is 30. The molecule has 2 aliphatic carbocycles. The Hall–Kier alpha value is -5.56. The Kier molecular flexibility index (Phi) is 20.3. The highest BCUT2D eigenvalue weighted by Gasteiger charge is 2.47. The Morgan fingerprint density at radius 2 is 0.571 bits per heavy atom. The van der Waals surface area contributed by atoms with E-state index in [0.29, 0.717) is 0 Å². The topological polar surface area (TPSA) is 49.4 Å². The van der Waals surface area contributed by atoms with E-state index in [0.717, 1.165) is 91.4 Å². The lowest BCUT2D eigenvalue weighted by Gasteiger charge is -2.35. The number of unbranched alkanes of at least 4 members (excludes halogenated alkanes) is 20. The SMILES string of the molecule is CCCCCCCCC1(CCCCCCCC)c2ccccc2-c2cccc(C3=C4C=CC(=N4)C(Br)=C4C=CC(=N4)C(c4cccc5c4C(CCCCCCCC)(CCCCCCCC)c4ccccc4-5)=C4C=CC(=N4)C(Br)=C4C=CC3=N4)c21. The van der Waals surface area contributed by atoms with E-state index >= 15 is 0 Å². The molecule has 0 amide bonds. The first-order valence-corrected chi connectivity index (χ1v) is 34.8. The number of hydrogen-bond acceptors (Lipinski definition) is 4. The van der Waals surface area contributed by atoms with Crippen LogP contribution < -0.4 is 0 Å². The van der Waals surface area contributed by atoms with Crippen molar-refractivity contribution in [1.82, 2.24) is 0 Å². The van der Waals surface area contributed by atoms with E-state index < -0.39 is 0 Å². The lowest BCUT2D eigenvalue weighted by Crippen LogP contribution is -2.27. The van der Waals surface area contributed by atoms with Crippen LogP contribution in [0, 0.1) is 0 Å². The number of aliphatic imine (C=N–C) groups is 4. The third-order valence-electron chi connectivity index (χ3n) is 19.4. The summed E-state index contributed by atoms with van der Waals surface area (Å²) >= 11 is 8.34. The van der Waals surface area contributed by atoms with Gasteiger partial charge in [-0.2, -0.15) is 0 Å². The second-order valence-corrected chi connectivity index (χ2v) is 26.6. The zero-order chi connectivity index (χ0) is 57.9. The highest BCUT2D eigenvalue weighted by molar-refractivity contribution is 9.12. The first-order chi connectivity index (χ1) is 41.4. The standard InChI is InChI=1S/C78H90Br2N4/c1-5-9-13-17-21-29-51-77(52-30-22-18-14-10-6-2)61-41-27-25-35-55(61)57-37-33-39-59(73(57)77)71-63-43-47-67(81-63)75(79)69-49-45-65(83-69)72(66-46-50-70(84-66)76(80)68-48-44-64(71)82-68)60-40-34-38-58-56-36-26-28-42-62(56)78(74(58)60,53-31-23-19-15-11-7-3)54-32-24-20-16-12-8-4/h25-28,33-50H,5-24,29-32,51-54H2,1-4H3. The Balaban J connectivity index is 1.04. The summed E-state index contributed by atoms with van der Waals surface area (Å²) in [5.41, 5.74) is 23.0. The van der Waals surface area contributed by atoms with Gasteiger partial charge >= 0.3 is 0 Å². The fraction of sp³-hybridized carbons (Fsp3) is 0.436. The summed E-state index contributed by atoms with van der Waals surface area (Å²) in [6.45, 7) is 9.28. The molecule has 0 saturated heterocycles. The van der Waals surface area contributed by atoms with Gasteiger partial charge in [-0.1, -0.05) is 267 Å². The maximum absolute atomic E-state index is 5.64. The number of hydrogen-bond donors (Lipinski definition) is 0. The molecular weight excluding hydrogens is 1150 g/mol. The molecule has 0 unspecified atom stereocenters. The van der Waals surface area contributed by atoms with Crippen LogP contribution in [-0.2, 0) is 10.8 Å². The summed E-state index contributed by atoms with van der Waals surface area (Å²) in [5.74, 6) is 0. The van der Waals surface area contributed by atoms with Crippen LogP contribution in [0.1, 0.15) is 241 Å². The van der Waals surface area contributed by atoms with Crippen molar-refractivity contribution in [2.24, 2.45) is 20.0 Å². The quantitative estimate of drug-likeness (QED) is 0.0467. The van der Waals surface area contributed by atoms with Crippen molar-refractivity contribution < 1.29 is 0 Å². The van der Waals surface area contributed by atoms with Crippen LogP contribution in [0.5, 0.6) is 0 Å². The van der Waals surface area contributed by atoms with Gasteiger partial charge < -0.3 is 0 Å². The van der Waals surface area contributed by atoms with E-state index in [4.69, 9.17) is 20.0 Å². The maximum atomic E-state index is 5.64. The summed E-state index contributed by atoms with van der Waals surface area (Å²) in [5, 5.41) is 0. The number of benzene rings is 4. The Bertz CT molecular complexity index is 3220. The minimum Gasteiger partial charge on any atom is -0.247 e. The van der Waals surface area contributed by atoms with Gasteiger partial charge in [-0.25, -0.2) is 20.0 Å². The lowest BCUT2D eigenvalue weighted by molar-refractivity contribution is 0.397. The molecule has 5 heterocycles. The van der Waals surface area contributed by atoms with Gasteiger partial charge in [0, 0.05) is 22.0 Å². The zero-order valence-electron chi connectivity index (χ0n) is 51.0. The molecular formula is C78H90Br2N4. The number of halogens is 2. The summed E-state index contributed by atoms with van der Waals surface area (Å²) < 4.78 is 1.76. The fourth-order valence-corrected chi connectivity index (χ4v) is 16.1. The van der Waals surface area contributed by atoms with Crippen LogP contribution in [0.4, 0.5) is 0 Å². The van der Waals surface area contributed by atoms with Crippen LogP contribution in [0.3, 0.4) is 0 Å². The molecule has 11 rings (SSSR count). The van der Waals surface area contributed by atoms with Crippen molar-refractivity contribution in [3.63, 3.8) is 0 Å². The summed E-state index contributed by atoms with van der Waals surface area (Å²) in [6, 6.07) is 32.9. The van der Waals surface area contributed by atoms with Gasteiger partial charge in [-0.05, 0) is 162 Å². The molecule has 7 aliphatic rings. The molecule has 0 N–H and O–H groups in total. The van der Waals surface area contributed by atoms with Crippen LogP contribution in [0.2, 0.25) is 0 Å².